The zero-order valence-corrected chi connectivity index (χ0v) is 17.8. The summed E-state index contributed by atoms with van der Waals surface area (Å²) >= 11 is 1.64. The average molecular weight is 435 g/mol. The lowest BCUT2D eigenvalue weighted by atomic mass is 10.1. The standard InChI is InChI=1S/C23H22N4O3S/c1-30-19-5-2-4-16(14-19)15-25-21(28)17-7-9-18(10-8-17)26-23(29)27-12-13-31-22-20(27)6-3-11-24-22/h2-11,14H,12-13,15H2,1H3,(H,25,28)(H,26,29). The lowest BCUT2D eigenvalue weighted by molar-refractivity contribution is 0.0951. The van der Waals surface area contributed by atoms with Gasteiger partial charge in [0.2, 0.25) is 0 Å². The van der Waals surface area contributed by atoms with Crippen molar-refractivity contribution >= 4 is 35.1 Å². The molecule has 4 rings (SSSR count). The van der Waals surface area contributed by atoms with Gasteiger partial charge in [-0.2, -0.15) is 0 Å². The molecule has 31 heavy (non-hydrogen) atoms. The van der Waals surface area contributed by atoms with Crippen molar-refractivity contribution in [1.82, 2.24) is 10.3 Å². The Morgan fingerprint density at radius 2 is 1.97 bits per heavy atom. The molecular formula is C23H22N4O3S. The number of hydrogen-bond acceptors (Lipinski definition) is 5. The van der Waals surface area contributed by atoms with Gasteiger partial charge in [0.25, 0.3) is 5.91 Å². The van der Waals surface area contributed by atoms with E-state index in [1.165, 1.54) is 0 Å². The highest BCUT2D eigenvalue weighted by Crippen LogP contribution is 2.32. The number of carbonyl (C=O) groups is 2. The Kier molecular flexibility index (Phi) is 6.37. The molecule has 0 fully saturated rings. The van der Waals surface area contributed by atoms with Gasteiger partial charge < -0.3 is 15.4 Å². The van der Waals surface area contributed by atoms with E-state index in [4.69, 9.17) is 4.74 Å². The summed E-state index contributed by atoms with van der Waals surface area (Å²) in [6.45, 7) is 1.01. The van der Waals surface area contributed by atoms with Crippen molar-refractivity contribution in [3.63, 3.8) is 0 Å². The van der Waals surface area contributed by atoms with Gasteiger partial charge in [0.05, 0.1) is 12.8 Å². The van der Waals surface area contributed by atoms with Crippen molar-refractivity contribution in [1.29, 1.82) is 0 Å². The number of methoxy groups -OCH3 is 1. The first-order valence-corrected chi connectivity index (χ1v) is 10.8. The molecule has 1 aliphatic rings. The Morgan fingerprint density at radius 1 is 1.13 bits per heavy atom. The molecule has 1 aromatic heterocycles. The lowest BCUT2D eigenvalue weighted by Gasteiger charge is -2.28. The Bertz CT molecular complexity index is 1090. The number of aromatic nitrogens is 1. The van der Waals surface area contributed by atoms with Gasteiger partial charge in [0.15, 0.2) is 0 Å². The van der Waals surface area contributed by atoms with Crippen molar-refractivity contribution in [2.45, 2.75) is 11.6 Å². The maximum Gasteiger partial charge on any atom is 0.326 e. The Hall–Kier alpha value is -3.52. The fraction of sp³-hybridized carbons (Fsp3) is 0.174. The fourth-order valence-corrected chi connectivity index (χ4v) is 4.16. The number of nitrogens with one attached hydrogen (secondary N) is 2. The van der Waals surface area contributed by atoms with Crippen LogP contribution in [0, 0.1) is 0 Å². The quantitative estimate of drug-likeness (QED) is 0.630. The molecule has 0 unspecified atom stereocenters. The highest BCUT2D eigenvalue weighted by molar-refractivity contribution is 7.99. The SMILES string of the molecule is COc1cccc(CNC(=O)c2ccc(NC(=O)N3CCSc4ncccc43)cc2)c1. The summed E-state index contributed by atoms with van der Waals surface area (Å²) in [5.41, 5.74) is 2.90. The number of pyridine rings is 1. The largest absolute Gasteiger partial charge is 0.497 e. The highest BCUT2D eigenvalue weighted by atomic mass is 32.2. The van der Waals surface area contributed by atoms with Crippen LogP contribution in [0.3, 0.4) is 0 Å². The molecule has 0 atom stereocenters. The van der Waals surface area contributed by atoms with E-state index < -0.39 is 0 Å². The average Bonchev–Trinajstić information content (AvgIpc) is 2.82. The van der Waals surface area contributed by atoms with Crippen molar-refractivity contribution in [3.05, 3.63) is 78.0 Å². The first-order chi connectivity index (χ1) is 15.1. The van der Waals surface area contributed by atoms with Gasteiger partial charge >= 0.3 is 6.03 Å². The minimum atomic E-state index is -0.218. The number of urea groups is 1. The minimum Gasteiger partial charge on any atom is -0.497 e. The van der Waals surface area contributed by atoms with Gasteiger partial charge in [0, 0.05) is 36.3 Å². The molecule has 158 valence electrons. The Morgan fingerprint density at radius 3 is 2.77 bits per heavy atom. The molecule has 2 aromatic carbocycles. The molecule has 3 aromatic rings. The van der Waals surface area contributed by atoms with E-state index in [9.17, 15) is 9.59 Å². The maximum absolute atomic E-state index is 12.7. The number of rotatable bonds is 5. The number of anilines is 2. The first-order valence-electron chi connectivity index (χ1n) is 9.81. The predicted molar refractivity (Wildman–Crippen MR) is 122 cm³/mol. The van der Waals surface area contributed by atoms with Crippen LogP contribution in [0.4, 0.5) is 16.2 Å². The molecule has 0 bridgehead atoms. The van der Waals surface area contributed by atoms with Crippen molar-refractivity contribution in [2.75, 3.05) is 29.6 Å². The summed E-state index contributed by atoms with van der Waals surface area (Å²) in [6, 6.07) is 17.9. The van der Waals surface area contributed by atoms with Crippen LogP contribution in [0.15, 0.2) is 71.9 Å². The summed E-state index contributed by atoms with van der Waals surface area (Å²) in [5.74, 6) is 1.36. The minimum absolute atomic E-state index is 0.186. The summed E-state index contributed by atoms with van der Waals surface area (Å²) in [5, 5.41) is 6.64. The van der Waals surface area contributed by atoms with Gasteiger partial charge in [-0.25, -0.2) is 9.78 Å². The van der Waals surface area contributed by atoms with Crippen LogP contribution in [-0.4, -0.2) is 36.3 Å². The van der Waals surface area contributed by atoms with Crippen LogP contribution < -0.4 is 20.3 Å². The smallest absolute Gasteiger partial charge is 0.326 e. The second-order valence-electron chi connectivity index (χ2n) is 6.87. The van der Waals surface area contributed by atoms with Gasteiger partial charge in [-0.05, 0) is 54.1 Å². The van der Waals surface area contributed by atoms with Crippen molar-refractivity contribution in [3.8, 4) is 5.75 Å². The molecule has 2 heterocycles. The Balaban J connectivity index is 1.36. The summed E-state index contributed by atoms with van der Waals surface area (Å²) in [6.07, 6.45) is 1.73. The molecule has 2 N–H and O–H groups in total. The van der Waals surface area contributed by atoms with Gasteiger partial charge in [-0.3, -0.25) is 9.69 Å². The number of thioether (sulfide) groups is 1. The first kappa shape index (κ1) is 20.7. The Labute approximate surface area is 184 Å². The number of fused-ring (bicyclic) bond motifs is 1. The summed E-state index contributed by atoms with van der Waals surface area (Å²) in [7, 11) is 1.61. The van der Waals surface area contributed by atoms with E-state index in [2.05, 4.69) is 15.6 Å². The van der Waals surface area contributed by atoms with Crippen LogP contribution in [0.1, 0.15) is 15.9 Å². The third-order valence-electron chi connectivity index (χ3n) is 4.83. The molecule has 8 heteroatoms. The normalized spacial score (nSPS) is 12.6. The van der Waals surface area contributed by atoms with Gasteiger partial charge in [0.1, 0.15) is 10.8 Å². The number of benzene rings is 2. The number of nitrogens with zero attached hydrogens (tertiary/aromatic N) is 2. The number of carbonyl (C=O) groups excluding carboxylic acids is 2. The number of ether oxygens (including phenoxy) is 1. The van der Waals surface area contributed by atoms with E-state index in [-0.39, 0.29) is 11.9 Å². The van der Waals surface area contributed by atoms with Gasteiger partial charge in [-0.15, -0.1) is 11.8 Å². The molecule has 0 saturated carbocycles. The topological polar surface area (TPSA) is 83.6 Å². The van der Waals surface area contributed by atoms with E-state index in [1.807, 2.05) is 36.4 Å². The second kappa shape index (κ2) is 9.53. The molecule has 3 amide bonds. The second-order valence-corrected chi connectivity index (χ2v) is 7.95. The molecule has 7 nitrogen and oxygen atoms in total. The predicted octanol–water partition coefficient (Wildman–Crippen LogP) is 4.16. The third-order valence-corrected chi connectivity index (χ3v) is 5.80. The molecule has 1 aliphatic heterocycles. The van der Waals surface area contributed by atoms with Crippen LogP contribution in [-0.2, 0) is 6.54 Å². The van der Waals surface area contributed by atoms with Crippen molar-refractivity contribution < 1.29 is 14.3 Å². The number of hydrogen-bond donors (Lipinski definition) is 2. The molecule has 0 aliphatic carbocycles. The molecular weight excluding hydrogens is 412 g/mol. The number of amides is 3. The van der Waals surface area contributed by atoms with E-state index in [0.29, 0.717) is 24.3 Å². The molecule has 0 radical (unpaired) electrons. The highest BCUT2D eigenvalue weighted by Gasteiger charge is 2.23. The van der Waals surface area contributed by atoms with Crippen LogP contribution in [0.2, 0.25) is 0 Å². The zero-order valence-electron chi connectivity index (χ0n) is 17.0. The van der Waals surface area contributed by atoms with Crippen LogP contribution in [0.25, 0.3) is 0 Å². The van der Waals surface area contributed by atoms with E-state index >= 15 is 0 Å². The lowest BCUT2D eigenvalue weighted by Crippen LogP contribution is -2.38. The summed E-state index contributed by atoms with van der Waals surface area (Å²) < 4.78 is 5.20. The van der Waals surface area contributed by atoms with Gasteiger partial charge in [-0.1, -0.05) is 12.1 Å². The summed E-state index contributed by atoms with van der Waals surface area (Å²) in [4.78, 5) is 31.2. The molecule has 0 spiro atoms. The van der Waals surface area contributed by atoms with Crippen LogP contribution >= 0.6 is 11.8 Å². The van der Waals surface area contributed by atoms with E-state index in [0.717, 1.165) is 27.8 Å². The van der Waals surface area contributed by atoms with Crippen LogP contribution in [0.5, 0.6) is 5.75 Å². The van der Waals surface area contributed by atoms with E-state index in [1.54, 1.807) is 54.2 Å². The third kappa shape index (κ3) is 4.97. The maximum atomic E-state index is 12.7. The zero-order chi connectivity index (χ0) is 21.6. The fourth-order valence-electron chi connectivity index (χ4n) is 3.23. The molecule has 0 saturated heterocycles. The van der Waals surface area contributed by atoms with Crippen molar-refractivity contribution in [2.24, 2.45) is 0 Å². The monoisotopic (exact) mass is 434 g/mol.